The maximum Gasteiger partial charge on any atom is 0.292 e. The Hall–Kier alpha value is -2.15. The number of piperidine rings is 1. The molecule has 2 unspecified atom stereocenters. The molecule has 1 fully saturated rings. The number of carbonyl (C=O) groups is 1. The third-order valence-electron chi connectivity index (χ3n) is 4.00. The van der Waals surface area contributed by atoms with E-state index in [1.807, 2.05) is 11.8 Å². The van der Waals surface area contributed by atoms with Gasteiger partial charge in [-0.25, -0.2) is 0 Å². The highest BCUT2D eigenvalue weighted by Crippen LogP contribution is 2.33. The van der Waals surface area contributed by atoms with E-state index in [9.17, 15) is 14.9 Å². The van der Waals surface area contributed by atoms with Crippen LogP contribution in [0.5, 0.6) is 0 Å². The van der Waals surface area contributed by atoms with E-state index < -0.39 is 10.8 Å². The summed E-state index contributed by atoms with van der Waals surface area (Å²) in [5.41, 5.74) is 11.9. The van der Waals surface area contributed by atoms with Crippen molar-refractivity contribution >= 4 is 17.3 Å². The van der Waals surface area contributed by atoms with Crippen molar-refractivity contribution in [3.63, 3.8) is 0 Å². The Morgan fingerprint density at radius 3 is 2.81 bits per heavy atom. The van der Waals surface area contributed by atoms with E-state index in [0.29, 0.717) is 18.8 Å². The molecule has 1 saturated heterocycles. The van der Waals surface area contributed by atoms with Gasteiger partial charge in [0.05, 0.1) is 4.92 Å². The van der Waals surface area contributed by atoms with Crippen LogP contribution in [0.4, 0.5) is 11.4 Å². The second kappa shape index (κ2) is 6.09. The van der Waals surface area contributed by atoms with E-state index in [0.717, 1.165) is 12.8 Å². The number of nitro benzene ring substituents is 1. The number of hydrogen-bond acceptors (Lipinski definition) is 5. The van der Waals surface area contributed by atoms with Crippen LogP contribution in [0.2, 0.25) is 0 Å². The number of hydrogen-bond donors (Lipinski definition) is 2. The maximum atomic E-state index is 11.3. The van der Waals surface area contributed by atoms with Crippen molar-refractivity contribution in [3.8, 4) is 0 Å². The number of benzene rings is 1. The third kappa shape index (κ3) is 3.30. The Kier molecular flexibility index (Phi) is 4.42. The molecule has 0 bridgehead atoms. The van der Waals surface area contributed by atoms with Crippen LogP contribution >= 0.6 is 0 Å². The number of rotatable bonds is 4. The molecule has 7 nitrogen and oxygen atoms in total. The van der Waals surface area contributed by atoms with E-state index in [-0.39, 0.29) is 23.2 Å². The Labute approximate surface area is 123 Å². The number of primary amides is 1. The number of nitrogens with two attached hydrogens (primary N) is 2. The van der Waals surface area contributed by atoms with Crippen LogP contribution in [-0.2, 0) is 0 Å². The van der Waals surface area contributed by atoms with Gasteiger partial charge in [-0.05, 0) is 37.8 Å². The average molecular weight is 292 g/mol. The molecule has 0 radical (unpaired) electrons. The summed E-state index contributed by atoms with van der Waals surface area (Å²) in [5.74, 6) is -0.303. The predicted octanol–water partition coefficient (Wildman–Crippen LogP) is 1.26. The number of carbonyl (C=O) groups excluding carboxylic acids is 1. The van der Waals surface area contributed by atoms with Gasteiger partial charge in [0.25, 0.3) is 5.69 Å². The Morgan fingerprint density at radius 2 is 2.24 bits per heavy atom. The number of amides is 1. The van der Waals surface area contributed by atoms with Gasteiger partial charge in [0.2, 0.25) is 5.91 Å². The minimum atomic E-state index is -0.591. The molecule has 1 amide bonds. The molecule has 0 aliphatic carbocycles. The first kappa shape index (κ1) is 15.2. The number of nitrogens with zero attached hydrogens (tertiary/aromatic N) is 2. The van der Waals surface area contributed by atoms with E-state index in [2.05, 4.69) is 0 Å². The molecule has 2 atom stereocenters. The van der Waals surface area contributed by atoms with Gasteiger partial charge in [-0.2, -0.15) is 0 Å². The normalized spacial score (nSPS) is 20.1. The minimum absolute atomic E-state index is 0.00896. The smallest absolute Gasteiger partial charge is 0.292 e. The molecule has 1 aliphatic rings. The predicted molar refractivity (Wildman–Crippen MR) is 80.2 cm³/mol. The monoisotopic (exact) mass is 292 g/mol. The second-order valence-electron chi connectivity index (χ2n) is 5.53. The van der Waals surface area contributed by atoms with Crippen molar-refractivity contribution < 1.29 is 9.72 Å². The van der Waals surface area contributed by atoms with Gasteiger partial charge in [0, 0.05) is 30.8 Å². The Morgan fingerprint density at radius 1 is 1.52 bits per heavy atom. The standard InChI is InChI=1S/C14H20N4O3/c1-9(15)11-3-2-6-17(8-11)13-7-10(14(16)19)4-5-12(13)18(20)21/h4-5,7,9,11H,2-3,6,8,15H2,1H3,(H2,16,19). The van der Waals surface area contributed by atoms with Gasteiger partial charge in [-0.15, -0.1) is 0 Å². The summed E-state index contributed by atoms with van der Waals surface area (Å²) in [7, 11) is 0. The molecule has 114 valence electrons. The van der Waals surface area contributed by atoms with E-state index in [4.69, 9.17) is 11.5 Å². The molecule has 21 heavy (non-hydrogen) atoms. The lowest BCUT2D eigenvalue weighted by atomic mass is 9.91. The van der Waals surface area contributed by atoms with Crippen molar-refractivity contribution in [1.82, 2.24) is 0 Å². The van der Waals surface area contributed by atoms with Crippen LogP contribution in [0.25, 0.3) is 0 Å². The SMILES string of the molecule is CC(N)C1CCCN(c2cc(C(N)=O)ccc2[N+](=O)[O-])C1. The summed E-state index contributed by atoms with van der Waals surface area (Å²) >= 11 is 0. The van der Waals surface area contributed by atoms with Gasteiger partial charge < -0.3 is 16.4 Å². The number of anilines is 1. The van der Waals surface area contributed by atoms with Crippen LogP contribution in [0.3, 0.4) is 0 Å². The third-order valence-corrected chi connectivity index (χ3v) is 4.00. The van der Waals surface area contributed by atoms with Crippen LogP contribution in [-0.4, -0.2) is 30.0 Å². The fourth-order valence-electron chi connectivity index (χ4n) is 2.74. The van der Waals surface area contributed by atoms with Crippen LogP contribution < -0.4 is 16.4 Å². The van der Waals surface area contributed by atoms with Crippen molar-refractivity contribution in [3.05, 3.63) is 33.9 Å². The van der Waals surface area contributed by atoms with Crippen LogP contribution in [0.15, 0.2) is 18.2 Å². The molecule has 1 aliphatic heterocycles. The highest BCUT2D eigenvalue weighted by molar-refractivity contribution is 5.94. The zero-order valence-electron chi connectivity index (χ0n) is 12.0. The van der Waals surface area contributed by atoms with Gasteiger partial charge in [-0.1, -0.05) is 0 Å². The molecule has 0 aromatic heterocycles. The fraction of sp³-hybridized carbons (Fsp3) is 0.500. The van der Waals surface area contributed by atoms with Crippen molar-refractivity contribution in [2.45, 2.75) is 25.8 Å². The summed E-state index contributed by atoms with van der Waals surface area (Å²) in [5, 5.41) is 11.2. The topological polar surface area (TPSA) is 115 Å². The van der Waals surface area contributed by atoms with Gasteiger partial charge >= 0.3 is 0 Å². The van der Waals surface area contributed by atoms with E-state index in [1.54, 1.807) is 0 Å². The highest BCUT2D eigenvalue weighted by atomic mass is 16.6. The van der Waals surface area contributed by atoms with E-state index >= 15 is 0 Å². The largest absolute Gasteiger partial charge is 0.366 e. The quantitative estimate of drug-likeness (QED) is 0.640. The van der Waals surface area contributed by atoms with Gasteiger partial charge in [0.15, 0.2) is 0 Å². The lowest BCUT2D eigenvalue weighted by molar-refractivity contribution is -0.384. The maximum absolute atomic E-state index is 11.3. The minimum Gasteiger partial charge on any atom is -0.366 e. The zero-order valence-corrected chi connectivity index (χ0v) is 12.0. The molecule has 7 heteroatoms. The van der Waals surface area contributed by atoms with Gasteiger partial charge in [-0.3, -0.25) is 14.9 Å². The van der Waals surface area contributed by atoms with Crippen LogP contribution in [0, 0.1) is 16.0 Å². The molecule has 1 heterocycles. The first-order valence-electron chi connectivity index (χ1n) is 6.99. The average Bonchev–Trinajstić information content (AvgIpc) is 2.46. The molecule has 0 spiro atoms. The molecule has 2 rings (SSSR count). The van der Waals surface area contributed by atoms with Crippen molar-refractivity contribution in [1.29, 1.82) is 0 Å². The fourth-order valence-corrected chi connectivity index (χ4v) is 2.74. The molecular weight excluding hydrogens is 272 g/mol. The lowest BCUT2D eigenvalue weighted by Gasteiger charge is -2.35. The van der Waals surface area contributed by atoms with E-state index in [1.165, 1.54) is 18.2 Å². The summed E-state index contributed by atoms with van der Waals surface area (Å²) in [6, 6.07) is 4.26. The summed E-state index contributed by atoms with van der Waals surface area (Å²) in [6.45, 7) is 3.31. The Bertz CT molecular complexity index is 559. The summed E-state index contributed by atoms with van der Waals surface area (Å²) in [4.78, 5) is 24.0. The number of nitro groups is 1. The highest BCUT2D eigenvalue weighted by Gasteiger charge is 2.27. The van der Waals surface area contributed by atoms with Crippen molar-refractivity contribution in [2.24, 2.45) is 17.4 Å². The molecule has 1 aromatic carbocycles. The zero-order chi connectivity index (χ0) is 15.6. The molecule has 4 N–H and O–H groups in total. The molecular formula is C14H20N4O3. The molecule has 0 saturated carbocycles. The summed E-state index contributed by atoms with van der Waals surface area (Å²) in [6.07, 6.45) is 1.93. The first-order chi connectivity index (χ1) is 9.90. The second-order valence-corrected chi connectivity index (χ2v) is 5.53. The van der Waals surface area contributed by atoms with Crippen LogP contribution in [0.1, 0.15) is 30.1 Å². The van der Waals surface area contributed by atoms with Crippen molar-refractivity contribution in [2.75, 3.05) is 18.0 Å². The van der Waals surface area contributed by atoms with Gasteiger partial charge in [0.1, 0.15) is 5.69 Å². The first-order valence-corrected chi connectivity index (χ1v) is 6.99. The summed E-state index contributed by atoms with van der Waals surface area (Å²) < 4.78 is 0. The lowest BCUT2D eigenvalue weighted by Crippen LogP contribution is -2.42. The molecule has 1 aromatic rings. The Balaban J connectivity index is 2.37.